The number of nitrogens with one attached hydrogen (secondary N) is 1. The van der Waals surface area contributed by atoms with Gasteiger partial charge in [0.1, 0.15) is 0 Å². The Morgan fingerprint density at radius 2 is 1.96 bits per heavy atom. The van der Waals surface area contributed by atoms with E-state index >= 15 is 0 Å². The van der Waals surface area contributed by atoms with Gasteiger partial charge in [-0.3, -0.25) is 0 Å². The van der Waals surface area contributed by atoms with Crippen molar-refractivity contribution in [2.24, 2.45) is 0 Å². The van der Waals surface area contributed by atoms with Crippen LogP contribution in [0.1, 0.15) is 17.0 Å². The number of nitrogens with zero attached hydrogens (tertiary/aromatic N) is 4. The Labute approximate surface area is 158 Å². The molecule has 3 aromatic rings. The fourth-order valence-electron chi connectivity index (χ4n) is 2.58. The zero-order valence-corrected chi connectivity index (χ0v) is 15.6. The average Bonchev–Trinajstić information content (AvgIpc) is 3.16. The molecule has 1 aromatic heterocycles. The van der Waals surface area contributed by atoms with Gasteiger partial charge in [0.2, 0.25) is 0 Å². The fourth-order valence-corrected chi connectivity index (χ4v) is 2.58. The van der Waals surface area contributed by atoms with Gasteiger partial charge < -0.3 is 14.8 Å². The van der Waals surface area contributed by atoms with E-state index in [-0.39, 0.29) is 6.61 Å². The SMILES string of the molecule is C=CCNCc1ccc(OCc2nnnn2-c2ccc(C)cc2)c(OC)c1. The van der Waals surface area contributed by atoms with Crippen molar-refractivity contribution in [1.29, 1.82) is 0 Å². The van der Waals surface area contributed by atoms with E-state index in [0.717, 1.165) is 24.3 Å². The lowest BCUT2D eigenvalue weighted by Gasteiger charge is -2.12. The van der Waals surface area contributed by atoms with Crippen molar-refractivity contribution < 1.29 is 9.47 Å². The lowest BCUT2D eigenvalue weighted by Crippen LogP contribution is -2.12. The first-order chi connectivity index (χ1) is 13.2. The van der Waals surface area contributed by atoms with Crippen LogP contribution in [-0.4, -0.2) is 33.9 Å². The molecule has 0 aliphatic heterocycles. The minimum atomic E-state index is 0.227. The average molecular weight is 365 g/mol. The first-order valence-corrected chi connectivity index (χ1v) is 8.67. The van der Waals surface area contributed by atoms with Crippen molar-refractivity contribution in [3.63, 3.8) is 0 Å². The highest BCUT2D eigenvalue weighted by atomic mass is 16.5. The maximum Gasteiger partial charge on any atom is 0.194 e. The fraction of sp³-hybridized carbons (Fsp3) is 0.250. The van der Waals surface area contributed by atoms with Crippen molar-refractivity contribution in [1.82, 2.24) is 25.5 Å². The highest BCUT2D eigenvalue weighted by molar-refractivity contribution is 5.43. The first-order valence-electron chi connectivity index (χ1n) is 8.67. The lowest BCUT2D eigenvalue weighted by atomic mass is 10.2. The topological polar surface area (TPSA) is 74.1 Å². The van der Waals surface area contributed by atoms with Gasteiger partial charge in [-0.2, -0.15) is 4.68 Å². The van der Waals surface area contributed by atoms with E-state index in [1.807, 2.05) is 55.5 Å². The zero-order valence-electron chi connectivity index (χ0n) is 15.6. The third-order valence-corrected chi connectivity index (χ3v) is 4.02. The minimum absolute atomic E-state index is 0.227. The van der Waals surface area contributed by atoms with E-state index in [9.17, 15) is 0 Å². The maximum atomic E-state index is 5.91. The second-order valence-electron chi connectivity index (χ2n) is 6.04. The quantitative estimate of drug-likeness (QED) is 0.464. The molecule has 0 spiro atoms. The summed E-state index contributed by atoms with van der Waals surface area (Å²) >= 11 is 0. The molecule has 0 saturated carbocycles. The monoisotopic (exact) mass is 365 g/mol. The smallest absolute Gasteiger partial charge is 0.194 e. The number of tetrazole rings is 1. The summed E-state index contributed by atoms with van der Waals surface area (Å²) in [7, 11) is 1.62. The number of hydrogen-bond donors (Lipinski definition) is 1. The van der Waals surface area contributed by atoms with E-state index in [1.54, 1.807) is 11.8 Å². The summed E-state index contributed by atoms with van der Waals surface area (Å²) in [6, 6.07) is 13.8. The number of rotatable bonds is 9. The Hall–Kier alpha value is -3.19. The van der Waals surface area contributed by atoms with Crippen LogP contribution in [-0.2, 0) is 13.2 Å². The van der Waals surface area contributed by atoms with Crippen LogP contribution < -0.4 is 14.8 Å². The predicted molar refractivity (Wildman–Crippen MR) is 103 cm³/mol. The summed E-state index contributed by atoms with van der Waals surface area (Å²) in [5, 5.41) is 15.2. The van der Waals surface area contributed by atoms with Crippen LogP contribution in [0.25, 0.3) is 5.69 Å². The molecule has 140 valence electrons. The van der Waals surface area contributed by atoms with Gasteiger partial charge >= 0.3 is 0 Å². The standard InChI is InChI=1S/C20H23N5O2/c1-4-11-21-13-16-7-10-18(19(12-16)26-3)27-14-20-22-23-24-25(20)17-8-5-15(2)6-9-17/h4-10,12,21H,1,11,13-14H2,2-3H3. The Bertz CT molecular complexity index is 890. The summed E-state index contributed by atoms with van der Waals surface area (Å²) in [5.41, 5.74) is 3.17. The van der Waals surface area contributed by atoms with E-state index in [1.165, 1.54) is 5.56 Å². The van der Waals surface area contributed by atoms with Crippen LogP contribution in [0, 0.1) is 6.92 Å². The summed E-state index contributed by atoms with van der Waals surface area (Å²) in [5.74, 6) is 1.92. The summed E-state index contributed by atoms with van der Waals surface area (Å²) < 4.78 is 13.0. The first kappa shape index (κ1) is 18.6. The molecule has 7 heteroatoms. The van der Waals surface area contributed by atoms with Crippen molar-refractivity contribution in [3.8, 4) is 17.2 Å². The Balaban J connectivity index is 1.71. The van der Waals surface area contributed by atoms with Crippen LogP contribution in [0.3, 0.4) is 0 Å². The van der Waals surface area contributed by atoms with Gasteiger partial charge in [-0.05, 0) is 47.2 Å². The number of aromatic nitrogens is 4. The van der Waals surface area contributed by atoms with E-state index in [0.29, 0.717) is 17.3 Å². The van der Waals surface area contributed by atoms with Crippen molar-refractivity contribution in [2.75, 3.05) is 13.7 Å². The van der Waals surface area contributed by atoms with Gasteiger partial charge in [0.05, 0.1) is 12.8 Å². The molecule has 0 aliphatic rings. The molecule has 1 N–H and O–H groups in total. The van der Waals surface area contributed by atoms with Gasteiger partial charge in [-0.1, -0.05) is 29.8 Å². The van der Waals surface area contributed by atoms with Gasteiger partial charge in [0.15, 0.2) is 23.9 Å². The molecule has 0 aliphatic carbocycles. The maximum absolute atomic E-state index is 5.91. The Morgan fingerprint density at radius 3 is 2.70 bits per heavy atom. The molecule has 2 aromatic carbocycles. The molecular formula is C20H23N5O2. The second-order valence-corrected chi connectivity index (χ2v) is 6.04. The van der Waals surface area contributed by atoms with Gasteiger partial charge in [0.25, 0.3) is 0 Å². The largest absolute Gasteiger partial charge is 0.493 e. The Morgan fingerprint density at radius 1 is 1.15 bits per heavy atom. The Kier molecular flexibility index (Phi) is 6.17. The number of benzene rings is 2. The van der Waals surface area contributed by atoms with Crippen LogP contribution in [0.15, 0.2) is 55.1 Å². The molecule has 0 fully saturated rings. The zero-order chi connectivity index (χ0) is 19.1. The molecular weight excluding hydrogens is 342 g/mol. The van der Waals surface area contributed by atoms with Crippen LogP contribution >= 0.6 is 0 Å². The highest BCUT2D eigenvalue weighted by Crippen LogP contribution is 2.28. The second kappa shape index (κ2) is 8.95. The molecule has 0 radical (unpaired) electrons. The van der Waals surface area contributed by atoms with Gasteiger partial charge in [-0.25, -0.2) is 0 Å². The number of methoxy groups -OCH3 is 1. The molecule has 7 nitrogen and oxygen atoms in total. The van der Waals surface area contributed by atoms with Crippen molar-refractivity contribution >= 4 is 0 Å². The molecule has 3 rings (SSSR count). The summed E-state index contributed by atoms with van der Waals surface area (Å²) in [6.45, 7) is 7.44. The van der Waals surface area contributed by atoms with Crippen LogP contribution in [0.2, 0.25) is 0 Å². The number of hydrogen-bond acceptors (Lipinski definition) is 6. The molecule has 1 heterocycles. The highest BCUT2D eigenvalue weighted by Gasteiger charge is 2.11. The summed E-state index contributed by atoms with van der Waals surface area (Å²) in [4.78, 5) is 0. The molecule has 0 atom stereocenters. The molecule has 27 heavy (non-hydrogen) atoms. The van der Waals surface area contributed by atoms with Crippen molar-refractivity contribution in [2.45, 2.75) is 20.1 Å². The normalized spacial score (nSPS) is 10.6. The third kappa shape index (κ3) is 4.71. The third-order valence-electron chi connectivity index (χ3n) is 4.02. The van der Waals surface area contributed by atoms with Gasteiger partial charge in [-0.15, -0.1) is 11.7 Å². The minimum Gasteiger partial charge on any atom is -0.493 e. The molecule has 0 unspecified atom stereocenters. The van der Waals surface area contributed by atoms with Crippen molar-refractivity contribution in [3.05, 3.63) is 72.1 Å². The van der Waals surface area contributed by atoms with Crippen LogP contribution in [0.4, 0.5) is 0 Å². The molecule has 0 bridgehead atoms. The number of aryl methyl sites for hydroxylation is 1. The number of ether oxygens (including phenoxy) is 2. The van der Waals surface area contributed by atoms with Crippen LogP contribution in [0.5, 0.6) is 11.5 Å². The molecule has 0 amide bonds. The van der Waals surface area contributed by atoms with E-state index in [4.69, 9.17) is 9.47 Å². The lowest BCUT2D eigenvalue weighted by molar-refractivity contribution is 0.273. The van der Waals surface area contributed by atoms with Gasteiger partial charge in [0, 0.05) is 13.1 Å². The van der Waals surface area contributed by atoms with E-state index < -0.39 is 0 Å². The molecule has 0 saturated heterocycles. The predicted octanol–water partition coefficient (Wildman–Crippen LogP) is 2.83. The summed E-state index contributed by atoms with van der Waals surface area (Å²) in [6.07, 6.45) is 1.83. The van der Waals surface area contributed by atoms with E-state index in [2.05, 4.69) is 27.4 Å².